The van der Waals surface area contributed by atoms with Crippen LogP contribution in [0.3, 0.4) is 0 Å². The molecule has 1 heterocycles. The van der Waals surface area contributed by atoms with Gasteiger partial charge < -0.3 is 10.2 Å². The third kappa shape index (κ3) is 3.59. The molecule has 1 aliphatic heterocycles. The van der Waals surface area contributed by atoms with Crippen LogP contribution < -0.4 is 5.32 Å². The lowest BCUT2D eigenvalue weighted by Crippen LogP contribution is -2.39. The molecule has 0 saturated carbocycles. The summed E-state index contributed by atoms with van der Waals surface area (Å²) in [7, 11) is 0. The van der Waals surface area contributed by atoms with Crippen LogP contribution in [-0.2, 0) is 0 Å². The molecule has 0 aliphatic carbocycles. The summed E-state index contributed by atoms with van der Waals surface area (Å²) in [6, 6.07) is 5.00. The summed E-state index contributed by atoms with van der Waals surface area (Å²) in [5, 5.41) is 3.84. The van der Waals surface area contributed by atoms with Crippen molar-refractivity contribution >= 4 is 17.3 Å². The standard InChI is InChI=1S/C14H20ClFN2/c1-2-7-18-8-5-12(6-9-18)17-14-10-11(15)3-4-13(14)16/h3-4,10,12,17H,2,5-9H2,1H3. The lowest BCUT2D eigenvalue weighted by molar-refractivity contribution is 0.219. The molecule has 18 heavy (non-hydrogen) atoms. The first-order valence-electron chi connectivity index (χ1n) is 6.63. The summed E-state index contributed by atoms with van der Waals surface area (Å²) in [5.74, 6) is -0.226. The fourth-order valence-corrected chi connectivity index (χ4v) is 2.62. The van der Waals surface area contributed by atoms with E-state index in [1.165, 1.54) is 12.5 Å². The zero-order valence-corrected chi connectivity index (χ0v) is 11.5. The average molecular weight is 271 g/mol. The lowest BCUT2D eigenvalue weighted by atomic mass is 10.0. The quantitative estimate of drug-likeness (QED) is 0.896. The highest BCUT2D eigenvalue weighted by molar-refractivity contribution is 6.30. The first-order valence-corrected chi connectivity index (χ1v) is 7.00. The summed E-state index contributed by atoms with van der Waals surface area (Å²) < 4.78 is 13.6. The zero-order chi connectivity index (χ0) is 13.0. The van der Waals surface area contributed by atoms with Gasteiger partial charge in [-0.05, 0) is 44.0 Å². The molecule has 1 aromatic carbocycles. The van der Waals surface area contributed by atoms with Crippen molar-refractivity contribution in [2.24, 2.45) is 0 Å². The molecule has 0 unspecified atom stereocenters. The molecule has 2 rings (SSSR count). The Morgan fingerprint density at radius 2 is 2.11 bits per heavy atom. The minimum absolute atomic E-state index is 0.226. The van der Waals surface area contributed by atoms with Gasteiger partial charge in [-0.2, -0.15) is 0 Å². The summed E-state index contributed by atoms with van der Waals surface area (Å²) in [5.41, 5.74) is 0.524. The minimum atomic E-state index is -0.226. The Morgan fingerprint density at radius 1 is 1.39 bits per heavy atom. The SMILES string of the molecule is CCCN1CCC(Nc2cc(Cl)ccc2F)CC1. The van der Waals surface area contributed by atoms with Gasteiger partial charge in [0.1, 0.15) is 5.82 Å². The molecular formula is C14H20ClFN2. The lowest BCUT2D eigenvalue weighted by Gasteiger charge is -2.32. The number of nitrogens with zero attached hydrogens (tertiary/aromatic N) is 1. The van der Waals surface area contributed by atoms with Gasteiger partial charge in [0.15, 0.2) is 0 Å². The first kappa shape index (κ1) is 13.6. The van der Waals surface area contributed by atoms with E-state index in [1.807, 2.05) is 0 Å². The van der Waals surface area contributed by atoms with Crippen LogP contribution in [-0.4, -0.2) is 30.6 Å². The van der Waals surface area contributed by atoms with E-state index in [4.69, 9.17) is 11.6 Å². The number of rotatable bonds is 4. The summed E-state index contributed by atoms with van der Waals surface area (Å²) in [4.78, 5) is 2.46. The Labute approximate surface area is 113 Å². The van der Waals surface area contributed by atoms with Gasteiger partial charge in [-0.1, -0.05) is 18.5 Å². The number of nitrogens with one attached hydrogen (secondary N) is 1. The van der Waals surface area contributed by atoms with Gasteiger partial charge in [0, 0.05) is 24.2 Å². The second-order valence-corrected chi connectivity index (χ2v) is 5.32. The molecule has 0 aromatic heterocycles. The van der Waals surface area contributed by atoms with Crippen molar-refractivity contribution in [1.29, 1.82) is 0 Å². The molecule has 2 nitrogen and oxygen atoms in total. The van der Waals surface area contributed by atoms with Crippen LogP contribution in [0.1, 0.15) is 26.2 Å². The van der Waals surface area contributed by atoms with Crippen molar-refractivity contribution in [2.75, 3.05) is 25.0 Å². The number of hydrogen-bond acceptors (Lipinski definition) is 2. The third-order valence-corrected chi connectivity index (χ3v) is 3.65. The van der Waals surface area contributed by atoms with Crippen LogP contribution in [0, 0.1) is 5.82 Å². The molecule has 0 bridgehead atoms. The van der Waals surface area contributed by atoms with E-state index in [2.05, 4.69) is 17.1 Å². The van der Waals surface area contributed by atoms with E-state index in [1.54, 1.807) is 12.1 Å². The van der Waals surface area contributed by atoms with E-state index in [0.717, 1.165) is 32.5 Å². The number of hydrogen-bond donors (Lipinski definition) is 1. The highest BCUT2D eigenvalue weighted by atomic mass is 35.5. The Balaban J connectivity index is 1.89. The molecule has 1 fully saturated rings. The number of anilines is 1. The number of likely N-dealkylation sites (tertiary alicyclic amines) is 1. The van der Waals surface area contributed by atoms with Gasteiger partial charge in [-0.15, -0.1) is 0 Å². The van der Waals surface area contributed by atoms with Crippen molar-refractivity contribution in [3.63, 3.8) is 0 Å². The zero-order valence-electron chi connectivity index (χ0n) is 10.8. The molecule has 0 radical (unpaired) electrons. The Bertz CT molecular complexity index is 389. The van der Waals surface area contributed by atoms with Gasteiger partial charge in [0.2, 0.25) is 0 Å². The van der Waals surface area contributed by atoms with E-state index in [-0.39, 0.29) is 5.82 Å². The molecule has 0 atom stereocenters. The third-order valence-electron chi connectivity index (χ3n) is 3.42. The minimum Gasteiger partial charge on any atom is -0.380 e. The van der Waals surface area contributed by atoms with Gasteiger partial charge >= 0.3 is 0 Å². The van der Waals surface area contributed by atoms with Crippen molar-refractivity contribution in [3.8, 4) is 0 Å². The van der Waals surface area contributed by atoms with Gasteiger partial charge in [-0.3, -0.25) is 0 Å². The fraction of sp³-hybridized carbons (Fsp3) is 0.571. The maximum atomic E-state index is 13.6. The molecular weight excluding hydrogens is 251 g/mol. The maximum Gasteiger partial charge on any atom is 0.146 e. The van der Waals surface area contributed by atoms with Gasteiger partial charge in [0.25, 0.3) is 0 Å². The van der Waals surface area contributed by atoms with E-state index in [0.29, 0.717) is 16.8 Å². The van der Waals surface area contributed by atoms with Crippen LogP contribution in [0.4, 0.5) is 10.1 Å². The van der Waals surface area contributed by atoms with Crippen LogP contribution in [0.15, 0.2) is 18.2 Å². The van der Waals surface area contributed by atoms with Crippen LogP contribution >= 0.6 is 11.6 Å². The number of halogens is 2. The normalized spacial score (nSPS) is 17.9. The van der Waals surface area contributed by atoms with Crippen molar-refractivity contribution in [2.45, 2.75) is 32.2 Å². The van der Waals surface area contributed by atoms with Crippen LogP contribution in [0.25, 0.3) is 0 Å². The predicted octanol–water partition coefficient (Wildman–Crippen LogP) is 3.77. The van der Waals surface area contributed by atoms with Crippen molar-refractivity contribution in [1.82, 2.24) is 4.90 Å². The molecule has 1 aliphatic rings. The fourth-order valence-electron chi connectivity index (χ4n) is 2.45. The smallest absolute Gasteiger partial charge is 0.146 e. The summed E-state index contributed by atoms with van der Waals surface area (Å²) in [6.07, 6.45) is 3.32. The van der Waals surface area contributed by atoms with Gasteiger partial charge in [-0.25, -0.2) is 4.39 Å². The highest BCUT2D eigenvalue weighted by Crippen LogP contribution is 2.23. The van der Waals surface area contributed by atoms with Crippen LogP contribution in [0.2, 0.25) is 5.02 Å². The van der Waals surface area contributed by atoms with Crippen molar-refractivity contribution in [3.05, 3.63) is 29.0 Å². The van der Waals surface area contributed by atoms with Gasteiger partial charge in [0.05, 0.1) is 5.69 Å². The highest BCUT2D eigenvalue weighted by Gasteiger charge is 2.19. The molecule has 0 spiro atoms. The van der Waals surface area contributed by atoms with Crippen LogP contribution in [0.5, 0.6) is 0 Å². The molecule has 4 heteroatoms. The molecule has 1 aromatic rings. The van der Waals surface area contributed by atoms with Crippen molar-refractivity contribution < 1.29 is 4.39 Å². The molecule has 1 saturated heterocycles. The summed E-state index contributed by atoms with van der Waals surface area (Å²) >= 11 is 5.88. The van der Waals surface area contributed by atoms with E-state index in [9.17, 15) is 4.39 Å². The predicted molar refractivity (Wildman–Crippen MR) is 74.8 cm³/mol. The Hall–Kier alpha value is -0.800. The monoisotopic (exact) mass is 270 g/mol. The molecule has 100 valence electrons. The second-order valence-electron chi connectivity index (χ2n) is 4.88. The number of piperidine rings is 1. The topological polar surface area (TPSA) is 15.3 Å². The number of benzene rings is 1. The van der Waals surface area contributed by atoms with E-state index < -0.39 is 0 Å². The molecule has 0 amide bonds. The molecule has 1 N–H and O–H groups in total. The van der Waals surface area contributed by atoms with E-state index >= 15 is 0 Å². The Kier molecular flexibility index (Phi) is 4.84. The first-order chi connectivity index (χ1) is 8.69. The second kappa shape index (κ2) is 6.39. The maximum absolute atomic E-state index is 13.6. The summed E-state index contributed by atoms with van der Waals surface area (Å²) in [6.45, 7) is 5.55. The average Bonchev–Trinajstić information content (AvgIpc) is 2.37. The largest absolute Gasteiger partial charge is 0.380 e. The Morgan fingerprint density at radius 3 is 2.78 bits per heavy atom.